The Kier molecular flexibility index (Phi) is 6.06. The first-order valence-electron chi connectivity index (χ1n) is 6.50. The average molecular weight is 299 g/mol. The number of aromatic nitrogens is 1. The van der Waals surface area contributed by atoms with Crippen LogP contribution in [0.4, 0.5) is 11.5 Å². The summed E-state index contributed by atoms with van der Waals surface area (Å²) in [5, 5.41) is 14.1. The topological polar surface area (TPSA) is 77.3 Å². The van der Waals surface area contributed by atoms with Crippen molar-refractivity contribution in [1.29, 1.82) is 0 Å². The normalized spacial score (nSPS) is 11.2. The lowest BCUT2D eigenvalue weighted by atomic mass is 10.0. The van der Waals surface area contributed by atoms with Crippen LogP contribution in [0.15, 0.2) is 12.1 Å². The Labute approximate surface area is 123 Å². The lowest BCUT2D eigenvalue weighted by Gasteiger charge is -2.29. The van der Waals surface area contributed by atoms with Crippen molar-refractivity contribution in [3.63, 3.8) is 0 Å². The van der Waals surface area contributed by atoms with Gasteiger partial charge in [-0.15, -0.1) is 0 Å². The second-order valence-electron chi connectivity index (χ2n) is 4.43. The molecule has 7 heteroatoms. The van der Waals surface area contributed by atoms with Gasteiger partial charge in [-0.25, -0.2) is 0 Å². The summed E-state index contributed by atoms with van der Waals surface area (Å²) < 4.78 is 5.08. The molecule has 0 bridgehead atoms. The standard InChI is InChI=1S/C13H21N3O3S/c1-5-13(6-2,20-4)9-14-12-10(16(17)18)7-8-11(15-12)19-3/h7-8H,5-6,9H2,1-4H3,(H,14,15). The van der Waals surface area contributed by atoms with Gasteiger partial charge in [0, 0.05) is 23.4 Å². The Morgan fingerprint density at radius 3 is 2.55 bits per heavy atom. The largest absolute Gasteiger partial charge is 0.481 e. The molecule has 1 heterocycles. The van der Waals surface area contributed by atoms with Gasteiger partial charge in [-0.1, -0.05) is 13.8 Å². The Morgan fingerprint density at radius 1 is 1.45 bits per heavy atom. The van der Waals surface area contributed by atoms with Gasteiger partial charge in [0.1, 0.15) is 0 Å². The number of hydrogen-bond acceptors (Lipinski definition) is 6. The molecule has 0 saturated heterocycles. The van der Waals surface area contributed by atoms with Crippen LogP contribution >= 0.6 is 11.8 Å². The van der Waals surface area contributed by atoms with E-state index >= 15 is 0 Å². The highest BCUT2D eigenvalue weighted by atomic mass is 32.2. The molecule has 0 aliphatic rings. The number of nitrogens with zero attached hydrogens (tertiary/aromatic N) is 2. The lowest BCUT2D eigenvalue weighted by molar-refractivity contribution is -0.384. The number of rotatable bonds is 8. The highest BCUT2D eigenvalue weighted by Crippen LogP contribution is 2.32. The van der Waals surface area contributed by atoms with E-state index in [4.69, 9.17) is 4.74 Å². The summed E-state index contributed by atoms with van der Waals surface area (Å²) in [5.41, 5.74) is -0.0343. The molecule has 0 amide bonds. The second kappa shape index (κ2) is 7.33. The first-order valence-corrected chi connectivity index (χ1v) is 7.72. The zero-order chi connectivity index (χ0) is 15.2. The molecular formula is C13H21N3O3S. The number of methoxy groups -OCH3 is 1. The van der Waals surface area contributed by atoms with Crippen LogP contribution in [0.5, 0.6) is 5.88 Å². The van der Waals surface area contributed by atoms with E-state index in [-0.39, 0.29) is 16.3 Å². The summed E-state index contributed by atoms with van der Waals surface area (Å²) in [6, 6.07) is 2.90. The third kappa shape index (κ3) is 3.75. The molecule has 20 heavy (non-hydrogen) atoms. The number of pyridine rings is 1. The van der Waals surface area contributed by atoms with Crippen molar-refractivity contribution in [3.05, 3.63) is 22.2 Å². The Morgan fingerprint density at radius 2 is 2.10 bits per heavy atom. The molecule has 0 radical (unpaired) electrons. The van der Waals surface area contributed by atoms with E-state index in [9.17, 15) is 10.1 Å². The van der Waals surface area contributed by atoms with Crippen LogP contribution < -0.4 is 10.1 Å². The van der Waals surface area contributed by atoms with Gasteiger partial charge in [0.25, 0.3) is 0 Å². The van der Waals surface area contributed by atoms with E-state index in [2.05, 4.69) is 30.4 Å². The third-order valence-corrected chi connectivity index (χ3v) is 5.14. The van der Waals surface area contributed by atoms with Crippen LogP contribution in [0, 0.1) is 10.1 Å². The molecule has 0 atom stereocenters. The van der Waals surface area contributed by atoms with Crippen molar-refractivity contribution in [3.8, 4) is 5.88 Å². The number of anilines is 1. The van der Waals surface area contributed by atoms with Crippen molar-refractivity contribution in [2.75, 3.05) is 25.2 Å². The first-order chi connectivity index (χ1) is 9.51. The van der Waals surface area contributed by atoms with Gasteiger partial charge in [0.05, 0.1) is 12.0 Å². The van der Waals surface area contributed by atoms with Crippen molar-refractivity contribution in [2.24, 2.45) is 0 Å². The summed E-state index contributed by atoms with van der Waals surface area (Å²) in [5.74, 6) is 0.621. The number of hydrogen-bond donors (Lipinski definition) is 1. The summed E-state index contributed by atoms with van der Waals surface area (Å²) in [6.45, 7) is 4.87. The average Bonchev–Trinajstić information content (AvgIpc) is 2.48. The van der Waals surface area contributed by atoms with E-state index in [1.54, 1.807) is 11.8 Å². The molecule has 1 N–H and O–H groups in total. The fourth-order valence-corrected chi connectivity index (χ4v) is 2.72. The molecule has 0 aliphatic carbocycles. The molecule has 0 saturated carbocycles. The van der Waals surface area contributed by atoms with Crippen molar-refractivity contribution in [1.82, 2.24) is 4.98 Å². The molecule has 1 rings (SSSR count). The van der Waals surface area contributed by atoms with Gasteiger partial charge in [-0.3, -0.25) is 10.1 Å². The molecule has 0 unspecified atom stereocenters. The Bertz CT molecular complexity index is 456. The molecule has 0 aliphatic heterocycles. The molecule has 112 valence electrons. The predicted octanol–water partition coefficient (Wildman–Crippen LogP) is 3.33. The van der Waals surface area contributed by atoms with Gasteiger partial charge in [-0.2, -0.15) is 16.7 Å². The SMILES string of the molecule is CCC(CC)(CNc1nc(OC)ccc1[N+](=O)[O-])SC. The van der Waals surface area contributed by atoms with Crippen LogP contribution in [0.1, 0.15) is 26.7 Å². The van der Waals surface area contributed by atoms with Crippen molar-refractivity contribution >= 4 is 23.3 Å². The van der Waals surface area contributed by atoms with E-state index < -0.39 is 4.92 Å². The number of thioether (sulfide) groups is 1. The highest BCUT2D eigenvalue weighted by molar-refractivity contribution is 8.00. The van der Waals surface area contributed by atoms with Gasteiger partial charge in [0.15, 0.2) is 0 Å². The zero-order valence-corrected chi connectivity index (χ0v) is 13.1. The van der Waals surface area contributed by atoms with E-state index in [0.29, 0.717) is 12.4 Å². The molecule has 0 spiro atoms. The predicted molar refractivity (Wildman–Crippen MR) is 82.8 cm³/mol. The van der Waals surface area contributed by atoms with Gasteiger partial charge in [-0.05, 0) is 19.1 Å². The maximum Gasteiger partial charge on any atom is 0.311 e. The van der Waals surface area contributed by atoms with Crippen LogP contribution in [0.3, 0.4) is 0 Å². The molecule has 0 fully saturated rings. The van der Waals surface area contributed by atoms with Gasteiger partial charge in [0.2, 0.25) is 11.7 Å². The smallest absolute Gasteiger partial charge is 0.311 e. The molecule has 6 nitrogen and oxygen atoms in total. The van der Waals surface area contributed by atoms with Crippen molar-refractivity contribution < 1.29 is 9.66 Å². The number of nitro groups is 1. The Balaban J connectivity index is 2.98. The summed E-state index contributed by atoms with van der Waals surface area (Å²) in [4.78, 5) is 14.7. The Hall–Kier alpha value is -1.50. The van der Waals surface area contributed by atoms with E-state index in [0.717, 1.165) is 12.8 Å². The first kappa shape index (κ1) is 16.6. The minimum absolute atomic E-state index is 0.0343. The molecular weight excluding hydrogens is 278 g/mol. The fraction of sp³-hybridized carbons (Fsp3) is 0.615. The number of ether oxygens (including phenoxy) is 1. The summed E-state index contributed by atoms with van der Waals surface area (Å²) >= 11 is 1.77. The molecule has 1 aromatic rings. The molecule has 1 aromatic heterocycles. The zero-order valence-electron chi connectivity index (χ0n) is 12.3. The van der Waals surface area contributed by atoms with Crippen LogP contribution in [0.25, 0.3) is 0 Å². The second-order valence-corrected chi connectivity index (χ2v) is 5.70. The van der Waals surface area contributed by atoms with Gasteiger partial charge >= 0.3 is 5.69 Å². The van der Waals surface area contributed by atoms with Crippen LogP contribution in [-0.2, 0) is 0 Å². The summed E-state index contributed by atoms with van der Waals surface area (Å²) in [7, 11) is 1.49. The molecule has 0 aromatic carbocycles. The lowest BCUT2D eigenvalue weighted by Crippen LogP contribution is -2.32. The highest BCUT2D eigenvalue weighted by Gasteiger charge is 2.26. The van der Waals surface area contributed by atoms with Crippen LogP contribution in [0.2, 0.25) is 0 Å². The fourth-order valence-electron chi connectivity index (χ4n) is 1.93. The quantitative estimate of drug-likeness (QED) is 0.586. The maximum absolute atomic E-state index is 11.0. The van der Waals surface area contributed by atoms with E-state index in [1.165, 1.54) is 19.2 Å². The van der Waals surface area contributed by atoms with E-state index in [1.807, 2.05) is 0 Å². The monoisotopic (exact) mass is 299 g/mol. The number of nitrogens with one attached hydrogen (secondary N) is 1. The van der Waals surface area contributed by atoms with Crippen LogP contribution in [-0.4, -0.2) is 34.6 Å². The summed E-state index contributed by atoms with van der Waals surface area (Å²) in [6.07, 6.45) is 4.02. The third-order valence-electron chi connectivity index (χ3n) is 3.55. The van der Waals surface area contributed by atoms with Gasteiger partial charge < -0.3 is 10.1 Å². The maximum atomic E-state index is 11.0. The van der Waals surface area contributed by atoms with Crippen molar-refractivity contribution in [2.45, 2.75) is 31.4 Å². The minimum Gasteiger partial charge on any atom is -0.481 e. The minimum atomic E-state index is -0.437.